The normalized spacial score (nSPS) is 21.3. The highest BCUT2D eigenvalue weighted by Crippen LogP contribution is 2.46. The number of hydrogen-bond acceptors (Lipinski definition) is 5. The molecule has 1 N–H and O–H groups in total. The molecule has 0 aliphatic carbocycles. The van der Waals surface area contributed by atoms with Gasteiger partial charge in [-0.25, -0.2) is 4.79 Å². The fraction of sp³-hybridized carbons (Fsp3) is 0.550. The number of amides is 2. The van der Waals surface area contributed by atoms with Crippen molar-refractivity contribution in [3.63, 3.8) is 0 Å². The highest BCUT2D eigenvalue weighted by Gasteiger charge is 2.42. The van der Waals surface area contributed by atoms with E-state index in [0.717, 1.165) is 12.0 Å². The first-order chi connectivity index (χ1) is 12.6. The maximum atomic E-state index is 12.7. The van der Waals surface area contributed by atoms with Crippen LogP contribution in [0.1, 0.15) is 56.0 Å². The summed E-state index contributed by atoms with van der Waals surface area (Å²) >= 11 is 0. The van der Waals surface area contributed by atoms with Gasteiger partial charge in [0, 0.05) is 24.9 Å². The number of nitrogens with one attached hydrogen (secondary N) is 1. The minimum absolute atomic E-state index is 0.0816. The average Bonchev–Trinajstić information content (AvgIpc) is 3.07. The Morgan fingerprint density at radius 2 is 1.96 bits per heavy atom. The molecule has 0 unspecified atom stereocenters. The smallest absolute Gasteiger partial charge is 0.342 e. The molecule has 1 fully saturated rings. The lowest BCUT2D eigenvalue weighted by atomic mass is 9.84. The summed E-state index contributed by atoms with van der Waals surface area (Å²) in [5, 5.41) is 2.83. The van der Waals surface area contributed by atoms with Crippen molar-refractivity contribution in [2.75, 3.05) is 30.5 Å². The predicted octanol–water partition coefficient (Wildman–Crippen LogP) is 2.70. The standard InChI is InChI=1S/C20H26N2O5/c1-11(23)22-10-15-12(8-9-27-15)13-6-7-14(21-19(25)20(2,3)4)16(17(13)22)18(24)26-5/h6-7,12,15H,8-10H2,1-5H3,(H,21,25)/t12-,15+/m0/s1. The van der Waals surface area contributed by atoms with E-state index in [9.17, 15) is 14.4 Å². The maximum absolute atomic E-state index is 12.7. The lowest BCUT2D eigenvalue weighted by Gasteiger charge is -2.37. The van der Waals surface area contributed by atoms with Gasteiger partial charge >= 0.3 is 5.97 Å². The van der Waals surface area contributed by atoms with Gasteiger partial charge in [-0.2, -0.15) is 0 Å². The molecular weight excluding hydrogens is 348 g/mol. The van der Waals surface area contributed by atoms with Crippen LogP contribution >= 0.6 is 0 Å². The van der Waals surface area contributed by atoms with Crippen molar-refractivity contribution in [3.05, 3.63) is 23.3 Å². The van der Waals surface area contributed by atoms with E-state index in [4.69, 9.17) is 9.47 Å². The molecule has 0 aromatic heterocycles. The Labute approximate surface area is 159 Å². The second-order valence-electron chi connectivity index (χ2n) is 8.06. The molecule has 2 atom stereocenters. The van der Waals surface area contributed by atoms with Crippen LogP contribution < -0.4 is 10.2 Å². The molecule has 3 rings (SSSR count). The van der Waals surface area contributed by atoms with E-state index in [0.29, 0.717) is 24.5 Å². The third kappa shape index (κ3) is 3.43. The van der Waals surface area contributed by atoms with E-state index in [1.54, 1.807) is 31.7 Å². The summed E-state index contributed by atoms with van der Waals surface area (Å²) in [5.74, 6) is -0.874. The Bertz CT molecular complexity index is 796. The van der Waals surface area contributed by atoms with Crippen LogP contribution in [0.4, 0.5) is 11.4 Å². The molecule has 7 nitrogen and oxygen atoms in total. The van der Waals surface area contributed by atoms with E-state index < -0.39 is 11.4 Å². The van der Waals surface area contributed by atoms with E-state index >= 15 is 0 Å². The highest BCUT2D eigenvalue weighted by atomic mass is 16.5. The molecule has 2 aliphatic rings. The van der Waals surface area contributed by atoms with Gasteiger partial charge in [-0.1, -0.05) is 26.8 Å². The Kier molecular flexibility index (Phi) is 4.99. The summed E-state index contributed by atoms with van der Waals surface area (Å²) in [7, 11) is 1.29. The van der Waals surface area contributed by atoms with Gasteiger partial charge in [0.1, 0.15) is 5.56 Å². The van der Waals surface area contributed by atoms with Crippen LogP contribution in [0, 0.1) is 5.41 Å². The van der Waals surface area contributed by atoms with Crippen LogP contribution in [0.5, 0.6) is 0 Å². The average molecular weight is 374 g/mol. The lowest BCUT2D eigenvalue weighted by Crippen LogP contribution is -2.43. The minimum Gasteiger partial charge on any atom is -0.465 e. The van der Waals surface area contributed by atoms with Crippen LogP contribution in [-0.4, -0.2) is 44.1 Å². The lowest BCUT2D eigenvalue weighted by molar-refractivity contribution is -0.123. The van der Waals surface area contributed by atoms with Crippen LogP contribution in [-0.2, 0) is 19.1 Å². The molecule has 2 heterocycles. The molecule has 27 heavy (non-hydrogen) atoms. The fourth-order valence-corrected chi connectivity index (χ4v) is 3.66. The fourth-order valence-electron chi connectivity index (χ4n) is 3.66. The van der Waals surface area contributed by atoms with Gasteiger partial charge in [0.25, 0.3) is 0 Å². The van der Waals surface area contributed by atoms with Gasteiger partial charge in [0.2, 0.25) is 11.8 Å². The Hall–Kier alpha value is -2.41. The Morgan fingerprint density at radius 1 is 1.26 bits per heavy atom. The van der Waals surface area contributed by atoms with E-state index in [1.165, 1.54) is 14.0 Å². The van der Waals surface area contributed by atoms with Crippen molar-refractivity contribution in [1.29, 1.82) is 0 Å². The van der Waals surface area contributed by atoms with Crippen molar-refractivity contribution in [2.45, 2.75) is 46.1 Å². The van der Waals surface area contributed by atoms with E-state index in [-0.39, 0.29) is 29.4 Å². The minimum atomic E-state index is -0.631. The molecule has 0 saturated carbocycles. The third-order valence-corrected chi connectivity index (χ3v) is 5.15. The highest BCUT2D eigenvalue weighted by molar-refractivity contribution is 6.10. The molecule has 0 bridgehead atoms. The molecular formula is C20H26N2O5. The van der Waals surface area contributed by atoms with Crippen molar-refractivity contribution in [2.24, 2.45) is 5.41 Å². The second kappa shape index (κ2) is 6.96. The van der Waals surface area contributed by atoms with Gasteiger partial charge in [-0.05, 0) is 18.1 Å². The van der Waals surface area contributed by atoms with Gasteiger partial charge in [0.15, 0.2) is 0 Å². The molecule has 2 aliphatic heterocycles. The topological polar surface area (TPSA) is 84.9 Å². The quantitative estimate of drug-likeness (QED) is 0.805. The SMILES string of the molecule is COC(=O)c1c(NC(=O)C(C)(C)C)ccc2c1N(C(C)=O)C[C@H]1OCC[C@@H]21. The summed E-state index contributed by atoms with van der Waals surface area (Å²) in [5.41, 5.74) is 1.34. The van der Waals surface area contributed by atoms with Crippen LogP contribution in [0.2, 0.25) is 0 Å². The van der Waals surface area contributed by atoms with Crippen molar-refractivity contribution < 1.29 is 23.9 Å². The molecule has 0 radical (unpaired) electrons. The first kappa shape index (κ1) is 19.4. The number of carbonyl (C=O) groups is 3. The monoisotopic (exact) mass is 374 g/mol. The van der Waals surface area contributed by atoms with E-state index in [1.807, 2.05) is 6.07 Å². The number of anilines is 2. The number of carbonyl (C=O) groups excluding carboxylic acids is 3. The molecule has 2 amide bonds. The number of hydrogen-bond donors (Lipinski definition) is 1. The maximum Gasteiger partial charge on any atom is 0.342 e. The zero-order chi connectivity index (χ0) is 19.9. The summed E-state index contributed by atoms with van der Waals surface area (Å²) in [6.45, 7) is 7.84. The second-order valence-corrected chi connectivity index (χ2v) is 8.06. The number of benzene rings is 1. The largest absolute Gasteiger partial charge is 0.465 e. The number of nitrogens with zero attached hydrogens (tertiary/aromatic N) is 1. The van der Waals surface area contributed by atoms with Crippen LogP contribution in [0.25, 0.3) is 0 Å². The first-order valence-electron chi connectivity index (χ1n) is 9.11. The van der Waals surface area contributed by atoms with Gasteiger partial charge < -0.3 is 19.7 Å². The number of rotatable bonds is 2. The molecule has 1 aromatic rings. The van der Waals surface area contributed by atoms with Gasteiger partial charge in [-0.15, -0.1) is 0 Å². The van der Waals surface area contributed by atoms with Crippen LogP contribution in [0.3, 0.4) is 0 Å². The number of esters is 1. The summed E-state index contributed by atoms with van der Waals surface area (Å²) in [6.07, 6.45) is 0.750. The summed E-state index contributed by atoms with van der Waals surface area (Å²) in [4.78, 5) is 39.0. The molecule has 0 spiro atoms. The van der Waals surface area contributed by atoms with Crippen molar-refractivity contribution in [3.8, 4) is 0 Å². The van der Waals surface area contributed by atoms with Gasteiger partial charge in [-0.3, -0.25) is 9.59 Å². The summed E-state index contributed by atoms with van der Waals surface area (Å²) < 4.78 is 10.8. The molecule has 1 aromatic carbocycles. The number of methoxy groups -OCH3 is 1. The molecule has 7 heteroatoms. The number of fused-ring (bicyclic) bond motifs is 3. The Balaban J connectivity index is 2.18. The van der Waals surface area contributed by atoms with E-state index in [2.05, 4.69) is 5.32 Å². The van der Waals surface area contributed by atoms with Crippen molar-refractivity contribution >= 4 is 29.2 Å². The first-order valence-corrected chi connectivity index (χ1v) is 9.11. The molecule has 146 valence electrons. The zero-order valence-corrected chi connectivity index (χ0v) is 16.4. The number of ether oxygens (including phenoxy) is 2. The zero-order valence-electron chi connectivity index (χ0n) is 16.4. The van der Waals surface area contributed by atoms with Crippen LogP contribution in [0.15, 0.2) is 12.1 Å². The summed E-state index contributed by atoms with van der Waals surface area (Å²) in [6, 6.07) is 3.59. The predicted molar refractivity (Wildman–Crippen MR) is 101 cm³/mol. The third-order valence-electron chi connectivity index (χ3n) is 5.15. The molecule has 1 saturated heterocycles. The van der Waals surface area contributed by atoms with Crippen molar-refractivity contribution in [1.82, 2.24) is 0 Å². The van der Waals surface area contributed by atoms with Gasteiger partial charge in [0.05, 0.1) is 31.1 Å². The Morgan fingerprint density at radius 3 is 2.56 bits per heavy atom.